The maximum atomic E-state index is 5.85. The van der Waals surface area contributed by atoms with E-state index in [4.69, 9.17) is 10.5 Å². The third-order valence-corrected chi connectivity index (χ3v) is 3.41. The molecule has 0 radical (unpaired) electrons. The summed E-state index contributed by atoms with van der Waals surface area (Å²) in [5.41, 5.74) is 7.19. The van der Waals surface area contributed by atoms with Crippen LogP contribution in [0, 0.1) is 5.92 Å². The highest BCUT2D eigenvalue weighted by Crippen LogP contribution is 2.21. The van der Waals surface area contributed by atoms with Crippen molar-refractivity contribution in [1.82, 2.24) is 0 Å². The molecule has 0 aliphatic heterocycles. The Morgan fingerprint density at radius 2 is 1.88 bits per heavy atom. The zero-order chi connectivity index (χ0) is 12.7. The first kappa shape index (κ1) is 14.2. The van der Waals surface area contributed by atoms with Crippen LogP contribution in [0.2, 0.25) is 0 Å². The van der Waals surface area contributed by atoms with E-state index in [0.29, 0.717) is 5.92 Å². The third kappa shape index (κ3) is 5.33. The van der Waals surface area contributed by atoms with Crippen LogP contribution in [-0.4, -0.2) is 19.3 Å². The maximum absolute atomic E-state index is 5.85. The van der Waals surface area contributed by atoms with Gasteiger partial charge in [0.25, 0.3) is 0 Å². The fourth-order valence-electron chi connectivity index (χ4n) is 1.90. The maximum Gasteiger partial charge on any atom is 0.0622 e. The van der Waals surface area contributed by atoms with Crippen molar-refractivity contribution in [2.45, 2.75) is 38.7 Å². The third-order valence-electron chi connectivity index (χ3n) is 3.41. The van der Waals surface area contributed by atoms with E-state index >= 15 is 0 Å². The van der Waals surface area contributed by atoms with Gasteiger partial charge in [0.2, 0.25) is 0 Å². The summed E-state index contributed by atoms with van der Waals surface area (Å²) in [4.78, 5) is 0. The van der Waals surface area contributed by atoms with Crippen LogP contribution in [0.1, 0.15) is 32.3 Å². The van der Waals surface area contributed by atoms with Gasteiger partial charge in [-0.2, -0.15) is 0 Å². The first-order valence-electron chi connectivity index (χ1n) is 6.36. The lowest BCUT2D eigenvalue weighted by atomic mass is 9.90. The van der Waals surface area contributed by atoms with Gasteiger partial charge >= 0.3 is 0 Å². The molecule has 96 valence electrons. The second kappa shape index (κ2) is 6.77. The summed E-state index contributed by atoms with van der Waals surface area (Å²) in [5, 5.41) is 0. The van der Waals surface area contributed by atoms with Gasteiger partial charge in [0.05, 0.1) is 5.60 Å². The van der Waals surface area contributed by atoms with Gasteiger partial charge in [-0.25, -0.2) is 0 Å². The highest BCUT2D eigenvalue weighted by Gasteiger charge is 2.18. The van der Waals surface area contributed by atoms with Crippen molar-refractivity contribution in [1.29, 1.82) is 0 Å². The average molecular weight is 235 g/mol. The molecule has 1 aromatic rings. The zero-order valence-electron chi connectivity index (χ0n) is 11.3. The molecule has 0 heterocycles. The number of benzene rings is 1. The normalized spacial score (nSPS) is 13.6. The first-order valence-corrected chi connectivity index (χ1v) is 6.36. The first-order chi connectivity index (χ1) is 8.07. The minimum Gasteiger partial charge on any atom is -0.379 e. The summed E-state index contributed by atoms with van der Waals surface area (Å²) in [6, 6.07) is 10.6. The van der Waals surface area contributed by atoms with E-state index in [-0.39, 0.29) is 5.60 Å². The summed E-state index contributed by atoms with van der Waals surface area (Å²) >= 11 is 0. The molecule has 17 heavy (non-hydrogen) atoms. The van der Waals surface area contributed by atoms with Crippen molar-refractivity contribution in [2.24, 2.45) is 11.7 Å². The molecule has 1 aromatic carbocycles. The molecule has 1 atom stereocenters. The Morgan fingerprint density at radius 1 is 1.24 bits per heavy atom. The van der Waals surface area contributed by atoms with E-state index in [1.807, 2.05) is 0 Å². The van der Waals surface area contributed by atoms with Crippen LogP contribution in [0.5, 0.6) is 0 Å². The molecule has 0 fully saturated rings. The van der Waals surface area contributed by atoms with Crippen molar-refractivity contribution in [3.05, 3.63) is 35.9 Å². The van der Waals surface area contributed by atoms with Crippen molar-refractivity contribution in [3.63, 3.8) is 0 Å². The lowest BCUT2D eigenvalue weighted by Gasteiger charge is -2.25. The number of hydrogen-bond acceptors (Lipinski definition) is 2. The Kier molecular flexibility index (Phi) is 5.66. The van der Waals surface area contributed by atoms with Crippen LogP contribution in [0.4, 0.5) is 0 Å². The summed E-state index contributed by atoms with van der Waals surface area (Å²) < 4.78 is 5.44. The minimum absolute atomic E-state index is 0.0376. The standard InChI is InChI=1S/C15H25NO/c1-15(2,17-3)10-9-14(12-16)11-13-7-5-4-6-8-13/h4-8,14H,9-12,16H2,1-3H3. The second-order valence-corrected chi connectivity index (χ2v) is 5.29. The Hall–Kier alpha value is -0.860. The van der Waals surface area contributed by atoms with E-state index in [0.717, 1.165) is 25.8 Å². The van der Waals surface area contributed by atoms with Gasteiger partial charge in [-0.05, 0) is 51.1 Å². The van der Waals surface area contributed by atoms with Gasteiger partial charge in [0.15, 0.2) is 0 Å². The van der Waals surface area contributed by atoms with Crippen molar-refractivity contribution in [3.8, 4) is 0 Å². The van der Waals surface area contributed by atoms with E-state index in [2.05, 4.69) is 44.2 Å². The van der Waals surface area contributed by atoms with Crippen molar-refractivity contribution < 1.29 is 4.74 Å². The van der Waals surface area contributed by atoms with Crippen molar-refractivity contribution >= 4 is 0 Å². The van der Waals surface area contributed by atoms with Gasteiger partial charge < -0.3 is 10.5 Å². The summed E-state index contributed by atoms with van der Waals surface area (Å²) in [6.45, 7) is 5.00. The van der Waals surface area contributed by atoms with Crippen LogP contribution >= 0.6 is 0 Å². The highest BCUT2D eigenvalue weighted by molar-refractivity contribution is 5.15. The van der Waals surface area contributed by atoms with Crippen LogP contribution < -0.4 is 5.73 Å². The molecule has 2 nitrogen and oxygen atoms in total. The number of methoxy groups -OCH3 is 1. The van der Waals surface area contributed by atoms with Crippen LogP contribution in [0.3, 0.4) is 0 Å². The molecule has 0 aromatic heterocycles. The van der Waals surface area contributed by atoms with E-state index in [9.17, 15) is 0 Å². The Morgan fingerprint density at radius 3 is 2.41 bits per heavy atom. The number of nitrogens with two attached hydrogens (primary N) is 1. The summed E-state index contributed by atoms with van der Waals surface area (Å²) in [5.74, 6) is 0.548. The van der Waals surface area contributed by atoms with Crippen LogP contribution in [-0.2, 0) is 11.2 Å². The molecule has 0 spiro atoms. The SMILES string of the molecule is COC(C)(C)CCC(CN)Cc1ccccc1. The molecule has 0 amide bonds. The van der Waals surface area contributed by atoms with Gasteiger partial charge in [-0.3, -0.25) is 0 Å². The summed E-state index contributed by atoms with van der Waals surface area (Å²) in [7, 11) is 1.77. The molecule has 2 heteroatoms. The Labute approximate surface area is 105 Å². The highest BCUT2D eigenvalue weighted by atomic mass is 16.5. The van der Waals surface area contributed by atoms with Crippen molar-refractivity contribution in [2.75, 3.05) is 13.7 Å². The number of ether oxygens (including phenoxy) is 1. The van der Waals surface area contributed by atoms with Gasteiger partial charge in [0, 0.05) is 7.11 Å². The monoisotopic (exact) mass is 235 g/mol. The number of rotatable bonds is 7. The molecular formula is C15H25NO. The van der Waals surface area contributed by atoms with Crippen LogP contribution in [0.25, 0.3) is 0 Å². The van der Waals surface area contributed by atoms with Crippen LogP contribution in [0.15, 0.2) is 30.3 Å². The lowest BCUT2D eigenvalue weighted by Crippen LogP contribution is -2.26. The minimum atomic E-state index is -0.0376. The second-order valence-electron chi connectivity index (χ2n) is 5.29. The van der Waals surface area contributed by atoms with E-state index in [1.54, 1.807) is 7.11 Å². The molecule has 1 rings (SSSR count). The Balaban J connectivity index is 2.44. The molecule has 0 bridgehead atoms. The smallest absolute Gasteiger partial charge is 0.0622 e. The molecule has 1 unspecified atom stereocenters. The molecule has 2 N–H and O–H groups in total. The predicted molar refractivity (Wildman–Crippen MR) is 73.0 cm³/mol. The largest absolute Gasteiger partial charge is 0.379 e. The molecule has 0 aliphatic carbocycles. The molecule has 0 saturated carbocycles. The fourth-order valence-corrected chi connectivity index (χ4v) is 1.90. The average Bonchev–Trinajstić information content (AvgIpc) is 2.35. The lowest BCUT2D eigenvalue weighted by molar-refractivity contribution is 0.0106. The molecule has 0 saturated heterocycles. The van der Waals surface area contributed by atoms with Gasteiger partial charge in [-0.15, -0.1) is 0 Å². The van der Waals surface area contributed by atoms with E-state index in [1.165, 1.54) is 5.56 Å². The quantitative estimate of drug-likeness (QED) is 0.788. The summed E-state index contributed by atoms with van der Waals surface area (Å²) in [6.07, 6.45) is 3.24. The topological polar surface area (TPSA) is 35.2 Å². The molecular weight excluding hydrogens is 210 g/mol. The van der Waals surface area contributed by atoms with E-state index < -0.39 is 0 Å². The fraction of sp³-hybridized carbons (Fsp3) is 0.600. The molecule has 0 aliphatic rings. The number of hydrogen-bond donors (Lipinski definition) is 1. The zero-order valence-corrected chi connectivity index (χ0v) is 11.3. The predicted octanol–water partition coefficient (Wildman–Crippen LogP) is 3.01. The van der Waals surface area contributed by atoms with Gasteiger partial charge in [-0.1, -0.05) is 30.3 Å². The van der Waals surface area contributed by atoms with Gasteiger partial charge in [0.1, 0.15) is 0 Å². The Bertz CT molecular complexity index is 308.